The van der Waals surface area contributed by atoms with Crippen molar-refractivity contribution in [3.05, 3.63) is 58.7 Å². The Hall–Kier alpha value is -2.87. The van der Waals surface area contributed by atoms with E-state index in [1.807, 2.05) is 31.2 Å². The van der Waals surface area contributed by atoms with E-state index in [-0.39, 0.29) is 18.0 Å². The number of hydrogen-bond donors (Lipinski definition) is 3. The van der Waals surface area contributed by atoms with Crippen LogP contribution >= 0.6 is 23.2 Å². The summed E-state index contributed by atoms with van der Waals surface area (Å²) in [7, 11) is 1.58. The minimum absolute atomic E-state index is 0.197. The summed E-state index contributed by atoms with van der Waals surface area (Å²) in [6.07, 6.45) is 4.11. The molecule has 1 aliphatic rings. The van der Waals surface area contributed by atoms with Gasteiger partial charge in [0.1, 0.15) is 5.75 Å². The predicted octanol–water partition coefficient (Wildman–Crippen LogP) is 4.78. The second-order valence-corrected chi connectivity index (χ2v) is 9.01. The van der Waals surface area contributed by atoms with Crippen molar-refractivity contribution in [2.75, 3.05) is 12.4 Å². The summed E-state index contributed by atoms with van der Waals surface area (Å²) in [5.41, 5.74) is 3.24. The van der Waals surface area contributed by atoms with Crippen molar-refractivity contribution in [2.45, 2.75) is 44.4 Å². The molecule has 34 heavy (non-hydrogen) atoms. The number of methoxy groups -OCH3 is 1. The van der Waals surface area contributed by atoms with E-state index >= 15 is 0 Å². The number of benzene rings is 2. The Kier molecular flexibility index (Phi) is 7.26. The molecule has 1 heterocycles. The number of amides is 1. The Labute approximate surface area is 208 Å². The van der Waals surface area contributed by atoms with Crippen molar-refractivity contribution in [1.29, 1.82) is 0 Å². The highest BCUT2D eigenvalue weighted by Gasteiger charge is 2.34. The van der Waals surface area contributed by atoms with Crippen LogP contribution in [0.15, 0.2) is 43.1 Å². The summed E-state index contributed by atoms with van der Waals surface area (Å²) in [6.45, 7) is 5.51. The molecule has 0 spiro atoms. The standard InChI is InChI=1S/C25H26Cl2N4O3/c1-4-13-9-20(34-3)24(27)22(23(13)26)14-6-7-17-15(8-14)12-28-25(30-17)31-19-11-16(32)10-18(19)29-21(33)5-2/h5-9,12,16,18-19,32H,2,4,10-11H2,1,3H3,(H,29,33)(H,28,30,31)/t16-,18+,19-/m1/s1. The van der Waals surface area contributed by atoms with Crippen LogP contribution in [0, 0.1) is 0 Å². The van der Waals surface area contributed by atoms with Crippen LogP contribution in [0.1, 0.15) is 25.3 Å². The fourth-order valence-corrected chi connectivity index (χ4v) is 5.10. The van der Waals surface area contributed by atoms with Gasteiger partial charge in [-0.25, -0.2) is 9.97 Å². The zero-order chi connectivity index (χ0) is 24.4. The maximum Gasteiger partial charge on any atom is 0.243 e. The van der Waals surface area contributed by atoms with Gasteiger partial charge in [0, 0.05) is 17.1 Å². The average molecular weight is 501 g/mol. The number of carbonyl (C=O) groups excluding carboxylic acids is 1. The van der Waals surface area contributed by atoms with E-state index in [0.717, 1.165) is 28.5 Å². The number of fused-ring (bicyclic) bond motifs is 1. The van der Waals surface area contributed by atoms with Crippen molar-refractivity contribution in [3.63, 3.8) is 0 Å². The topological polar surface area (TPSA) is 96.4 Å². The molecule has 1 saturated carbocycles. The van der Waals surface area contributed by atoms with E-state index in [4.69, 9.17) is 27.9 Å². The van der Waals surface area contributed by atoms with Crippen LogP contribution < -0.4 is 15.4 Å². The van der Waals surface area contributed by atoms with E-state index in [1.165, 1.54) is 6.08 Å². The van der Waals surface area contributed by atoms with Gasteiger partial charge in [-0.15, -0.1) is 0 Å². The third-order valence-corrected chi connectivity index (χ3v) is 6.88. The number of nitrogens with zero attached hydrogens (tertiary/aromatic N) is 2. The highest BCUT2D eigenvalue weighted by atomic mass is 35.5. The monoisotopic (exact) mass is 500 g/mol. The Bertz CT molecular complexity index is 1220. The van der Waals surface area contributed by atoms with Crippen LogP contribution in [0.3, 0.4) is 0 Å². The molecule has 0 radical (unpaired) electrons. The first kappa shape index (κ1) is 24.3. The summed E-state index contributed by atoms with van der Waals surface area (Å²) in [6, 6.07) is 7.16. The van der Waals surface area contributed by atoms with Gasteiger partial charge in [-0.3, -0.25) is 4.79 Å². The van der Waals surface area contributed by atoms with Crippen LogP contribution in [0.4, 0.5) is 5.95 Å². The molecule has 1 fully saturated rings. The summed E-state index contributed by atoms with van der Waals surface area (Å²) in [4.78, 5) is 20.8. The molecule has 3 N–H and O–H groups in total. The first-order chi connectivity index (χ1) is 16.3. The molecule has 4 rings (SSSR count). The molecule has 7 nitrogen and oxygen atoms in total. The molecule has 0 saturated heterocycles. The molecule has 1 aliphatic carbocycles. The Morgan fingerprint density at radius 2 is 2.03 bits per heavy atom. The summed E-state index contributed by atoms with van der Waals surface area (Å²) in [5.74, 6) is 0.715. The molecule has 1 amide bonds. The van der Waals surface area contributed by atoms with Crippen LogP contribution in [0.5, 0.6) is 5.75 Å². The highest BCUT2D eigenvalue weighted by molar-refractivity contribution is 6.40. The van der Waals surface area contributed by atoms with Gasteiger partial charge < -0.3 is 20.5 Å². The second kappa shape index (κ2) is 10.2. The maximum absolute atomic E-state index is 11.7. The van der Waals surface area contributed by atoms with E-state index in [0.29, 0.717) is 40.1 Å². The Balaban J connectivity index is 1.63. The number of rotatable bonds is 7. The van der Waals surface area contributed by atoms with Crippen LogP contribution in [-0.2, 0) is 11.2 Å². The maximum atomic E-state index is 11.7. The first-order valence-electron chi connectivity index (χ1n) is 11.0. The summed E-state index contributed by atoms with van der Waals surface area (Å²) >= 11 is 13.3. The lowest BCUT2D eigenvalue weighted by Crippen LogP contribution is -2.42. The van der Waals surface area contributed by atoms with E-state index in [1.54, 1.807) is 13.3 Å². The molecular formula is C25H26Cl2N4O3. The number of halogens is 2. The molecule has 3 aromatic rings. The average Bonchev–Trinajstić information content (AvgIpc) is 3.17. The molecule has 0 bridgehead atoms. The first-order valence-corrected chi connectivity index (χ1v) is 11.8. The fraction of sp³-hybridized carbons (Fsp3) is 0.320. The zero-order valence-electron chi connectivity index (χ0n) is 18.9. The van der Waals surface area contributed by atoms with Crippen molar-refractivity contribution in [3.8, 4) is 16.9 Å². The van der Waals surface area contributed by atoms with Gasteiger partial charge in [0.05, 0.1) is 40.9 Å². The quantitative estimate of drug-likeness (QED) is 0.404. The van der Waals surface area contributed by atoms with Crippen LogP contribution in [0.2, 0.25) is 10.0 Å². The minimum Gasteiger partial charge on any atom is -0.495 e. The number of aryl methyl sites for hydroxylation is 1. The van der Waals surface area contributed by atoms with Gasteiger partial charge in [-0.1, -0.05) is 42.8 Å². The molecular weight excluding hydrogens is 475 g/mol. The van der Waals surface area contributed by atoms with Crippen LogP contribution in [0.25, 0.3) is 22.0 Å². The van der Waals surface area contributed by atoms with Gasteiger partial charge in [0.25, 0.3) is 0 Å². The van der Waals surface area contributed by atoms with E-state index in [2.05, 4.69) is 27.2 Å². The lowest BCUT2D eigenvalue weighted by molar-refractivity contribution is -0.117. The lowest BCUT2D eigenvalue weighted by atomic mass is 9.99. The highest BCUT2D eigenvalue weighted by Crippen LogP contribution is 2.43. The van der Waals surface area contributed by atoms with Gasteiger partial charge in [-0.05, 0) is 54.7 Å². The Morgan fingerprint density at radius 3 is 2.74 bits per heavy atom. The minimum atomic E-state index is -0.513. The SMILES string of the molecule is C=CC(=O)N[C@H]1C[C@@H](O)C[C@H]1Nc1ncc2cc(-c3c(Cl)c(CC)cc(OC)c3Cl)ccc2n1. The van der Waals surface area contributed by atoms with Crippen molar-refractivity contribution < 1.29 is 14.6 Å². The number of carbonyl (C=O) groups is 1. The van der Waals surface area contributed by atoms with Crippen molar-refractivity contribution in [1.82, 2.24) is 15.3 Å². The Morgan fingerprint density at radius 1 is 1.26 bits per heavy atom. The second-order valence-electron chi connectivity index (χ2n) is 8.26. The largest absolute Gasteiger partial charge is 0.495 e. The van der Waals surface area contributed by atoms with E-state index in [9.17, 15) is 9.90 Å². The fourth-order valence-electron chi connectivity index (χ4n) is 4.32. The van der Waals surface area contributed by atoms with Gasteiger partial charge in [0.2, 0.25) is 11.9 Å². The molecule has 1 aromatic heterocycles. The number of aliphatic hydroxyl groups excluding tert-OH is 1. The number of aromatic nitrogens is 2. The lowest BCUT2D eigenvalue weighted by Gasteiger charge is -2.21. The number of nitrogens with one attached hydrogen (secondary N) is 2. The van der Waals surface area contributed by atoms with Crippen molar-refractivity contribution >= 4 is 46.0 Å². The number of hydrogen-bond acceptors (Lipinski definition) is 6. The van der Waals surface area contributed by atoms with Gasteiger partial charge >= 0.3 is 0 Å². The third-order valence-electron chi connectivity index (χ3n) is 6.08. The summed E-state index contributed by atoms with van der Waals surface area (Å²) in [5, 5.41) is 18.0. The van der Waals surface area contributed by atoms with E-state index < -0.39 is 6.10 Å². The summed E-state index contributed by atoms with van der Waals surface area (Å²) < 4.78 is 5.45. The number of ether oxygens (including phenoxy) is 1. The van der Waals surface area contributed by atoms with Crippen LogP contribution in [-0.4, -0.2) is 46.3 Å². The van der Waals surface area contributed by atoms with Gasteiger partial charge in [0.15, 0.2) is 0 Å². The normalized spacial score (nSPS) is 19.7. The number of anilines is 1. The van der Waals surface area contributed by atoms with Crippen molar-refractivity contribution in [2.24, 2.45) is 0 Å². The molecule has 178 valence electrons. The zero-order valence-corrected chi connectivity index (χ0v) is 20.5. The molecule has 9 heteroatoms. The van der Waals surface area contributed by atoms with Gasteiger partial charge in [-0.2, -0.15) is 0 Å². The molecule has 0 unspecified atom stereocenters. The molecule has 2 aromatic carbocycles. The number of aliphatic hydroxyl groups is 1. The molecule has 3 atom stereocenters. The third kappa shape index (κ3) is 4.82. The molecule has 0 aliphatic heterocycles. The smallest absolute Gasteiger partial charge is 0.243 e. The predicted molar refractivity (Wildman–Crippen MR) is 136 cm³/mol.